The van der Waals surface area contributed by atoms with Crippen LogP contribution in [0.1, 0.15) is 34.1 Å². The number of rotatable bonds is 4. The second-order valence-electron chi connectivity index (χ2n) is 5.69. The first-order valence-corrected chi connectivity index (χ1v) is 6.97. The van der Waals surface area contributed by atoms with Crippen molar-refractivity contribution in [2.45, 2.75) is 45.8 Å². The zero-order chi connectivity index (χ0) is 14.8. The van der Waals surface area contributed by atoms with E-state index >= 15 is 0 Å². The van der Waals surface area contributed by atoms with Crippen LogP contribution < -0.4 is 15.4 Å². The molecule has 0 radical (unpaired) electrons. The molecule has 2 N–H and O–H groups in total. The summed E-state index contributed by atoms with van der Waals surface area (Å²) in [5.74, 6) is 0.727. The summed E-state index contributed by atoms with van der Waals surface area (Å²) in [6, 6.07) is 0.284. The highest BCUT2D eigenvalue weighted by Crippen LogP contribution is 2.24. The molecule has 1 atom stereocenters. The Morgan fingerprint density at radius 1 is 1.40 bits per heavy atom. The molecule has 0 aliphatic carbocycles. The fourth-order valence-electron chi connectivity index (χ4n) is 2.37. The maximum atomic E-state index is 5.88. The molecule has 1 aromatic heterocycles. The van der Waals surface area contributed by atoms with Crippen LogP contribution in [0.4, 0.5) is 11.9 Å². The standard InChI is InChI=1S/C13H23N5O2/c1-5-6-19-12-16-10(14)15-11(17-12)18-7-9(2)20-13(3,4)8-18/h9H,5-8H2,1-4H3,(H2,14,15,16,17). The van der Waals surface area contributed by atoms with Crippen LogP contribution in [-0.4, -0.2) is 46.4 Å². The Bertz CT molecular complexity index is 466. The van der Waals surface area contributed by atoms with Crippen LogP contribution >= 0.6 is 0 Å². The Kier molecular flexibility index (Phi) is 4.27. The van der Waals surface area contributed by atoms with Gasteiger partial charge < -0.3 is 20.1 Å². The largest absolute Gasteiger partial charge is 0.463 e. The summed E-state index contributed by atoms with van der Waals surface area (Å²) in [6.07, 6.45) is 1.000. The first kappa shape index (κ1) is 14.8. The predicted molar refractivity (Wildman–Crippen MR) is 76.9 cm³/mol. The normalized spacial score (nSPS) is 21.8. The second-order valence-corrected chi connectivity index (χ2v) is 5.69. The van der Waals surface area contributed by atoms with Gasteiger partial charge >= 0.3 is 6.01 Å². The molecule has 7 heteroatoms. The van der Waals surface area contributed by atoms with Crippen molar-refractivity contribution in [2.75, 3.05) is 30.3 Å². The number of hydrogen-bond donors (Lipinski definition) is 1. The molecule has 112 valence electrons. The molecular formula is C13H23N5O2. The van der Waals surface area contributed by atoms with Gasteiger partial charge in [-0.1, -0.05) is 6.92 Å². The van der Waals surface area contributed by atoms with Crippen molar-refractivity contribution in [3.8, 4) is 6.01 Å². The minimum absolute atomic E-state index is 0.108. The molecule has 1 aliphatic rings. The van der Waals surface area contributed by atoms with Gasteiger partial charge in [0.25, 0.3) is 0 Å². The number of ether oxygens (including phenoxy) is 2. The van der Waals surface area contributed by atoms with Crippen molar-refractivity contribution in [3.05, 3.63) is 0 Å². The van der Waals surface area contributed by atoms with E-state index in [1.807, 2.05) is 13.8 Å². The Balaban J connectivity index is 2.20. The van der Waals surface area contributed by atoms with Crippen molar-refractivity contribution in [2.24, 2.45) is 0 Å². The van der Waals surface area contributed by atoms with Crippen molar-refractivity contribution < 1.29 is 9.47 Å². The van der Waals surface area contributed by atoms with E-state index in [0.29, 0.717) is 19.1 Å². The number of anilines is 2. The van der Waals surface area contributed by atoms with E-state index in [4.69, 9.17) is 15.2 Å². The van der Waals surface area contributed by atoms with Crippen molar-refractivity contribution >= 4 is 11.9 Å². The maximum absolute atomic E-state index is 5.88. The molecule has 2 heterocycles. The Hall–Kier alpha value is -1.63. The highest BCUT2D eigenvalue weighted by atomic mass is 16.5. The summed E-state index contributed by atoms with van der Waals surface area (Å²) >= 11 is 0. The van der Waals surface area contributed by atoms with Crippen molar-refractivity contribution in [1.82, 2.24) is 15.0 Å². The number of aromatic nitrogens is 3. The number of morpholine rings is 1. The van der Waals surface area contributed by atoms with E-state index in [1.54, 1.807) is 0 Å². The van der Waals surface area contributed by atoms with Gasteiger partial charge in [0.05, 0.1) is 18.3 Å². The van der Waals surface area contributed by atoms with Crippen LogP contribution in [0, 0.1) is 0 Å². The van der Waals surface area contributed by atoms with Crippen LogP contribution in [0.25, 0.3) is 0 Å². The molecule has 1 aromatic rings. The molecule has 7 nitrogen and oxygen atoms in total. The van der Waals surface area contributed by atoms with E-state index in [2.05, 4.69) is 33.7 Å². The number of nitrogens with zero attached hydrogens (tertiary/aromatic N) is 4. The number of nitrogens with two attached hydrogens (primary N) is 1. The van der Waals surface area contributed by atoms with Crippen molar-refractivity contribution in [1.29, 1.82) is 0 Å². The highest BCUT2D eigenvalue weighted by molar-refractivity contribution is 5.37. The lowest BCUT2D eigenvalue weighted by molar-refractivity contribution is -0.0754. The van der Waals surface area contributed by atoms with Crippen molar-refractivity contribution in [3.63, 3.8) is 0 Å². The summed E-state index contributed by atoms with van der Waals surface area (Å²) < 4.78 is 11.3. The molecule has 1 unspecified atom stereocenters. The third-order valence-electron chi connectivity index (χ3n) is 2.91. The molecule has 0 amide bonds. The quantitative estimate of drug-likeness (QED) is 0.888. The SMILES string of the molecule is CCCOc1nc(N)nc(N2CC(C)OC(C)(C)C2)n1. The van der Waals surface area contributed by atoms with Gasteiger partial charge in [0.1, 0.15) is 0 Å². The van der Waals surface area contributed by atoms with Gasteiger partial charge in [0, 0.05) is 13.1 Å². The molecule has 0 spiro atoms. The first-order chi connectivity index (χ1) is 9.39. The molecule has 1 fully saturated rings. The lowest BCUT2D eigenvalue weighted by Crippen LogP contribution is -2.52. The Morgan fingerprint density at radius 2 is 2.15 bits per heavy atom. The summed E-state index contributed by atoms with van der Waals surface area (Å²) in [5, 5.41) is 0. The maximum Gasteiger partial charge on any atom is 0.323 e. The van der Waals surface area contributed by atoms with Crippen LogP contribution in [0.15, 0.2) is 0 Å². The van der Waals surface area contributed by atoms with Gasteiger partial charge in [-0.15, -0.1) is 0 Å². The smallest absolute Gasteiger partial charge is 0.323 e. The average Bonchev–Trinajstić information content (AvgIpc) is 2.33. The van der Waals surface area contributed by atoms with Gasteiger partial charge in [-0.2, -0.15) is 15.0 Å². The minimum Gasteiger partial charge on any atom is -0.463 e. The van der Waals surface area contributed by atoms with E-state index in [-0.39, 0.29) is 23.7 Å². The molecular weight excluding hydrogens is 258 g/mol. The summed E-state index contributed by atoms with van der Waals surface area (Å²) in [4.78, 5) is 14.6. The molecule has 0 saturated carbocycles. The molecule has 2 rings (SSSR count). The number of nitrogen functional groups attached to an aromatic ring is 1. The molecule has 1 aliphatic heterocycles. The van der Waals surface area contributed by atoms with Gasteiger partial charge in [0.15, 0.2) is 0 Å². The Morgan fingerprint density at radius 3 is 2.80 bits per heavy atom. The van der Waals surface area contributed by atoms with Gasteiger partial charge in [0.2, 0.25) is 11.9 Å². The van der Waals surface area contributed by atoms with Gasteiger partial charge in [-0.05, 0) is 27.2 Å². The third-order valence-corrected chi connectivity index (χ3v) is 2.91. The molecule has 20 heavy (non-hydrogen) atoms. The lowest BCUT2D eigenvalue weighted by atomic mass is 10.1. The molecule has 0 aromatic carbocycles. The Labute approximate surface area is 119 Å². The minimum atomic E-state index is -0.247. The fourth-order valence-corrected chi connectivity index (χ4v) is 2.37. The first-order valence-electron chi connectivity index (χ1n) is 6.97. The highest BCUT2D eigenvalue weighted by Gasteiger charge is 2.32. The summed E-state index contributed by atoms with van der Waals surface area (Å²) in [6.45, 7) is 10.1. The average molecular weight is 281 g/mol. The lowest BCUT2D eigenvalue weighted by Gasteiger charge is -2.41. The fraction of sp³-hybridized carbons (Fsp3) is 0.769. The summed E-state index contributed by atoms with van der Waals surface area (Å²) in [7, 11) is 0. The van der Waals surface area contributed by atoms with Gasteiger partial charge in [-0.25, -0.2) is 0 Å². The predicted octanol–water partition coefficient (Wildman–Crippen LogP) is 1.25. The van der Waals surface area contributed by atoms with Crippen LogP contribution in [0.5, 0.6) is 6.01 Å². The zero-order valence-corrected chi connectivity index (χ0v) is 12.6. The number of hydrogen-bond acceptors (Lipinski definition) is 7. The van der Waals surface area contributed by atoms with Crippen LogP contribution in [-0.2, 0) is 4.74 Å². The molecule has 0 bridgehead atoms. The van der Waals surface area contributed by atoms with E-state index in [9.17, 15) is 0 Å². The topological polar surface area (TPSA) is 86.4 Å². The zero-order valence-electron chi connectivity index (χ0n) is 12.6. The summed E-state index contributed by atoms with van der Waals surface area (Å²) in [5.41, 5.74) is 5.49. The van der Waals surface area contributed by atoms with Crippen LogP contribution in [0.2, 0.25) is 0 Å². The van der Waals surface area contributed by atoms with E-state index in [1.165, 1.54) is 0 Å². The van der Waals surface area contributed by atoms with E-state index < -0.39 is 0 Å². The van der Waals surface area contributed by atoms with Gasteiger partial charge in [-0.3, -0.25) is 0 Å². The van der Waals surface area contributed by atoms with Crippen LogP contribution in [0.3, 0.4) is 0 Å². The monoisotopic (exact) mass is 281 g/mol. The second kappa shape index (κ2) is 5.78. The molecule has 1 saturated heterocycles. The third kappa shape index (κ3) is 3.69. The van der Waals surface area contributed by atoms with E-state index in [0.717, 1.165) is 13.0 Å².